The molecule has 1 aromatic rings. The van der Waals surface area contributed by atoms with Crippen molar-refractivity contribution in [3.8, 4) is 11.5 Å². The Hall–Kier alpha value is -2.50. The zero-order valence-electron chi connectivity index (χ0n) is 11.7. The van der Waals surface area contributed by atoms with Crippen LogP contribution in [-0.2, 0) is 14.3 Å². The van der Waals surface area contributed by atoms with E-state index in [1.165, 1.54) is 6.92 Å². The minimum absolute atomic E-state index is 0.0524. The van der Waals surface area contributed by atoms with E-state index in [9.17, 15) is 9.59 Å². The van der Waals surface area contributed by atoms with E-state index in [1.54, 1.807) is 24.3 Å². The fraction of sp³-hybridized carbons (Fsp3) is 0.333. The maximum absolute atomic E-state index is 12.0. The Bertz CT molecular complexity index is 543. The van der Waals surface area contributed by atoms with Crippen molar-refractivity contribution < 1.29 is 23.8 Å². The van der Waals surface area contributed by atoms with Crippen LogP contribution in [0.4, 0.5) is 0 Å². The molecule has 2 rings (SSSR count). The Morgan fingerprint density at radius 2 is 2.19 bits per heavy atom. The molecule has 21 heavy (non-hydrogen) atoms. The number of ether oxygens (including phenoxy) is 3. The maximum Gasteiger partial charge on any atom is 0.351 e. The Kier molecular flexibility index (Phi) is 4.81. The third-order valence-corrected chi connectivity index (χ3v) is 2.85. The second kappa shape index (κ2) is 6.78. The molecule has 1 heterocycles. The summed E-state index contributed by atoms with van der Waals surface area (Å²) in [5.41, 5.74) is 0. The highest BCUT2D eigenvalue weighted by molar-refractivity contribution is 5.84. The summed E-state index contributed by atoms with van der Waals surface area (Å²) in [4.78, 5) is 23.6. The average Bonchev–Trinajstić information content (AvgIpc) is 2.51. The van der Waals surface area contributed by atoms with Gasteiger partial charge < -0.3 is 19.5 Å². The van der Waals surface area contributed by atoms with Crippen LogP contribution in [0.2, 0.25) is 0 Å². The first kappa shape index (κ1) is 14.9. The summed E-state index contributed by atoms with van der Waals surface area (Å²) >= 11 is 0. The number of rotatable bonds is 5. The summed E-state index contributed by atoms with van der Waals surface area (Å²) in [5.74, 6) is 0.0407. The first-order chi connectivity index (χ1) is 10.1. The van der Waals surface area contributed by atoms with Gasteiger partial charge in [0.1, 0.15) is 6.61 Å². The zero-order valence-corrected chi connectivity index (χ0v) is 11.7. The summed E-state index contributed by atoms with van der Waals surface area (Å²) in [6.07, 6.45) is -0.241. The van der Waals surface area contributed by atoms with Gasteiger partial charge in [0.05, 0.1) is 0 Å². The van der Waals surface area contributed by atoms with Gasteiger partial charge in [0.15, 0.2) is 17.6 Å². The van der Waals surface area contributed by atoms with Crippen LogP contribution in [-0.4, -0.2) is 37.2 Å². The summed E-state index contributed by atoms with van der Waals surface area (Å²) < 4.78 is 16.0. The second-order valence-corrected chi connectivity index (χ2v) is 4.48. The summed E-state index contributed by atoms with van der Waals surface area (Å²) in [7, 11) is 0. The lowest BCUT2D eigenvalue weighted by atomic mass is 10.2. The third kappa shape index (κ3) is 3.75. The number of amides is 1. The first-order valence-corrected chi connectivity index (χ1v) is 6.59. The van der Waals surface area contributed by atoms with E-state index in [0.717, 1.165) is 0 Å². The first-order valence-electron chi connectivity index (χ1n) is 6.59. The molecule has 0 saturated heterocycles. The quantitative estimate of drug-likeness (QED) is 0.648. The Morgan fingerprint density at radius 1 is 1.48 bits per heavy atom. The summed E-state index contributed by atoms with van der Waals surface area (Å²) in [5, 5.41) is 2.55. The number of esters is 1. The van der Waals surface area contributed by atoms with Gasteiger partial charge in [-0.3, -0.25) is 4.79 Å². The fourth-order valence-electron chi connectivity index (χ4n) is 1.76. The Balaban J connectivity index is 1.90. The number of hydrogen-bond donors (Lipinski definition) is 1. The molecule has 2 atom stereocenters. The molecule has 1 aromatic carbocycles. The van der Waals surface area contributed by atoms with Crippen molar-refractivity contribution in [2.24, 2.45) is 0 Å². The third-order valence-electron chi connectivity index (χ3n) is 2.85. The second-order valence-electron chi connectivity index (χ2n) is 4.48. The highest BCUT2D eigenvalue weighted by atomic mass is 16.6. The van der Waals surface area contributed by atoms with Gasteiger partial charge in [-0.05, 0) is 19.1 Å². The SMILES string of the molecule is C=CCNC(=O)[C@@H](C)OC(=O)[C@@H]1COc2ccccc2O1. The minimum Gasteiger partial charge on any atom is -0.485 e. The van der Waals surface area contributed by atoms with E-state index in [-0.39, 0.29) is 12.5 Å². The van der Waals surface area contributed by atoms with Crippen LogP contribution in [0.5, 0.6) is 11.5 Å². The van der Waals surface area contributed by atoms with Crippen LogP contribution in [0.25, 0.3) is 0 Å². The van der Waals surface area contributed by atoms with Gasteiger partial charge in [-0.1, -0.05) is 18.2 Å². The van der Waals surface area contributed by atoms with E-state index >= 15 is 0 Å². The molecule has 6 heteroatoms. The number of para-hydroxylation sites is 2. The zero-order chi connectivity index (χ0) is 15.2. The predicted molar refractivity (Wildman–Crippen MR) is 75.1 cm³/mol. The van der Waals surface area contributed by atoms with Crippen LogP contribution in [0, 0.1) is 0 Å². The van der Waals surface area contributed by atoms with Crippen LogP contribution in [0.15, 0.2) is 36.9 Å². The average molecular weight is 291 g/mol. The standard InChI is InChI=1S/C15H17NO5/c1-3-8-16-14(17)10(2)20-15(18)13-9-19-11-6-4-5-7-12(11)21-13/h3-7,10,13H,1,8-9H2,2H3,(H,16,17)/t10-,13+/m1/s1. The number of hydrogen-bond acceptors (Lipinski definition) is 5. The lowest BCUT2D eigenvalue weighted by Gasteiger charge is -2.25. The van der Waals surface area contributed by atoms with E-state index < -0.39 is 18.2 Å². The van der Waals surface area contributed by atoms with Gasteiger partial charge in [-0.25, -0.2) is 4.79 Å². The number of carbonyl (C=O) groups is 2. The van der Waals surface area contributed by atoms with Crippen LogP contribution in [0.3, 0.4) is 0 Å². The number of nitrogens with one attached hydrogen (secondary N) is 1. The van der Waals surface area contributed by atoms with Crippen LogP contribution in [0.1, 0.15) is 6.92 Å². The van der Waals surface area contributed by atoms with Crippen molar-refractivity contribution >= 4 is 11.9 Å². The Morgan fingerprint density at radius 3 is 2.90 bits per heavy atom. The smallest absolute Gasteiger partial charge is 0.351 e. The van der Waals surface area contributed by atoms with Crippen LogP contribution >= 0.6 is 0 Å². The molecule has 0 saturated carbocycles. The Labute approximate surface area is 122 Å². The molecule has 1 aliphatic heterocycles. The molecule has 0 aliphatic carbocycles. The molecule has 0 bridgehead atoms. The molecular weight excluding hydrogens is 274 g/mol. The van der Waals surface area contributed by atoms with Gasteiger partial charge in [-0.2, -0.15) is 0 Å². The summed E-state index contributed by atoms with van der Waals surface area (Å²) in [6.45, 7) is 5.35. The van der Waals surface area contributed by atoms with Crippen LogP contribution < -0.4 is 14.8 Å². The molecule has 0 unspecified atom stereocenters. The lowest BCUT2D eigenvalue weighted by molar-refractivity contribution is -0.163. The molecule has 0 aromatic heterocycles. The molecule has 6 nitrogen and oxygen atoms in total. The highest BCUT2D eigenvalue weighted by Gasteiger charge is 2.31. The molecule has 1 amide bonds. The molecule has 0 spiro atoms. The van der Waals surface area contributed by atoms with Gasteiger partial charge in [0.2, 0.25) is 6.10 Å². The van der Waals surface area contributed by atoms with Crippen molar-refractivity contribution in [1.82, 2.24) is 5.32 Å². The molecule has 0 radical (unpaired) electrons. The number of fused-ring (bicyclic) bond motifs is 1. The molecular formula is C15H17NO5. The molecule has 0 fully saturated rings. The van der Waals surface area contributed by atoms with Gasteiger partial charge in [0.25, 0.3) is 5.91 Å². The van der Waals surface area contributed by atoms with Gasteiger partial charge in [0, 0.05) is 6.54 Å². The normalized spacial score (nSPS) is 17.5. The van der Waals surface area contributed by atoms with E-state index in [4.69, 9.17) is 14.2 Å². The molecule has 112 valence electrons. The predicted octanol–water partition coefficient (Wildman–Crippen LogP) is 1.06. The van der Waals surface area contributed by atoms with Crippen molar-refractivity contribution in [3.63, 3.8) is 0 Å². The molecule has 1 N–H and O–H groups in total. The van der Waals surface area contributed by atoms with Crippen molar-refractivity contribution in [2.75, 3.05) is 13.2 Å². The fourth-order valence-corrected chi connectivity index (χ4v) is 1.76. The minimum atomic E-state index is -0.904. The topological polar surface area (TPSA) is 73.9 Å². The number of benzene rings is 1. The van der Waals surface area contributed by atoms with Crippen molar-refractivity contribution in [1.29, 1.82) is 0 Å². The van der Waals surface area contributed by atoms with E-state index in [2.05, 4.69) is 11.9 Å². The monoisotopic (exact) mass is 291 g/mol. The summed E-state index contributed by atoms with van der Waals surface area (Å²) in [6, 6.07) is 7.05. The van der Waals surface area contributed by atoms with Gasteiger partial charge >= 0.3 is 5.97 Å². The molecule has 1 aliphatic rings. The van der Waals surface area contributed by atoms with Crippen molar-refractivity contribution in [3.05, 3.63) is 36.9 Å². The van der Waals surface area contributed by atoms with E-state index in [1.807, 2.05) is 6.07 Å². The van der Waals surface area contributed by atoms with Gasteiger partial charge in [-0.15, -0.1) is 6.58 Å². The number of carbonyl (C=O) groups excluding carboxylic acids is 2. The highest BCUT2D eigenvalue weighted by Crippen LogP contribution is 2.31. The lowest BCUT2D eigenvalue weighted by Crippen LogP contribution is -2.42. The van der Waals surface area contributed by atoms with Crippen molar-refractivity contribution in [2.45, 2.75) is 19.1 Å². The largest absolute Gasteiger partial charge is 0.485 e. The van der Waals surface area contributed by atoms with E-state index in [0.29, 0.717) is 18.0 Å². The maximum atomic E-state index is 12.0.